The number of hydrogen-bond donors (Lipinski definition) is 0. The molecule has 0 atom stereocenters. The molecule has 0 aliphatic carbocycles. The quantitative estimate of drug-likeness (QED) is 0.567. The van der Waals surface area contributed by atoms with E-state index in [0.29, 0.717) is 18.0 Å². The van der Waals surface area contributed by atoms with Crippen molar-refractivity contribution in [3.8, 4) is 33.2 Å². The van der Waals surface area contributed by atoms with Crippen molar-refractivity contribution >= 4 is 17.3 Å². The Bertz CT molecular complexity index is 1020. The van der Waals surface area contributed by atoms with Crippen LogP contribution in [0.2, 0.25) is 0 Å². The zero-order valence-electron chi connectivity index (χ0n) is 16.4. The van der Waals surface area contributed by atoms with Crippen LogP contribution in [0.5, 0.6) is 11.5 Å². The third-order valence-corrected chi connectivity index (χ3v) is 5.79. The second-order valence-corrected chi connectivity index (χ2v) is 7.94. The Hall–Kier alpha value is -2.73. The standard InChI is InChI=1S/C22H23NO4S/c1-13(2)27-19-10-14-7-8-23-17(22(24)26-4)11-16(20-6-5-9-28-20)21(23)15(14)12-18(19)25-3/h5-6,9-13H,7-8H2,1-4H3. The molecule has 5 nitrogen and oxygen atoms in total. The smallest absolute Gasteiger partial charge is 0.354 e. The predicted molar refractivity (Wildman–Crippen MR) is 111 cm³/mol. The minimum atomic E-state index is -0.320. The highest BCUT2D eigenvalue weighted by molar-refractivity contribution is 7.13. The van der Waals surface area contributed by atoms with Crippen molar-refractivity contribution in [2.24, 2.45) is 0 Å². The van der Waals surface area contributed by atoms with Gasteiger partial charge in [0.2, 0.25) is 0 Å². The third-order valence-electron chi connectivity index (χ3n) is 4.89. The molecule has 0 amide bonds. The number of hydrogen-bond acceptors (Lipinski definition) is 5. The number of aromatic nitrogens is 1. The van der Waals surface area contributed by atoms with Gasteiger partial charge in [-0.25, -0.2) is 4.79 Å². The average molecular weight is 397 g/mol. The van der Waals surface area contributed by atoms with E-state index in [1.807, 2.05) is 37.4 Å². The molecule has 3 aromatic rings. The monoisotopic (exact) mass is 397 g/mol. The van der Waals surface area contributed by atoms with Crippen LogP contribution in [-0.2, 0) is 17.7 Å². The number of aryl methyl sites for hydroxylation is 1. The molecule has 0 bridgehead atoms. The SMILES string of the molecule is COC(=O)c1cc(-c2cccs2)c2n1CCc1cc(OC(C)C)c(OC)cc1-2. The van der Waals surface area contributed by atoms with Gasteiger partial charge in [0.15, 0.2) is 11.5 Å². The number of carbonyl (C=O) groups is 1. The van der Waals surface area contributed by atoms with Gasteiger partial charge in [0.1, 0.15) is 5.69 Å². The molecule has 146 valence electrons. The van der Waals surface area contributed by atoms with Crippen molar-refractivity contribution < 1.29 is 19.0 Å². The van der Waals surface area contributed by atoms with E-state index in [9.17, 15) is 4.79 Å². The normalized spacial score (nSPS) is 12.5. The topological polar surface area (TPSA) is 49.7 Å². The first kappa shape index (κ1) is 18.6. The largest absolute Gasteiger partial charge is 0.493 e. The van der Waals surface area contributed by atoms with Crippen LogP contribution in [-0.4, -0.2) is 30.9 Å². The van der Waals surface area contributed by atoms with E-state index in [1.165, 1.54) is 12.7 Å². The van der Waals surface area contributed by atoms with Gasteiger partial charge in [-0.1, -0.05) is 6.07 Å². The van der Waals surface area contributed by atoms with E-state index >= 15 is 0 Å². The second-order valence-electron chi connectivity index (χ2n) is 6.99. The highest BCUT2D eigenvalue weighted by Gasteiger charge is 2.28. The van der Waals surface area contributed by atoms with Gasteiger partial charge in [-0.05, 0) is 55.5 Å². The van der Waals surface area contributed by atoms with E-state index < -0.39 is 0 Å². The lowest BCUT2D eigenvalue weighted by molar-refractivity contribution is 0.0588. The summed E-state index contributed by atoms with van der Waals surface area (Å²) < 4.78 is 18.6. The zero-order valence-corrected chi connectivity index (χ0v) is 17.3. The van der Waals surface area contributed by atoms with Crippen LogP contribution >= 0.6 is 11.3 Å². The van der Waals surface area contributed by atoms with Crippen LogP contribution in [0.1, 0.15) is 29.9 Å². The van der Waals surface area contributed by atoms with Crippen molar-refractivity contribution in [1.29, 1.82) is 0 Å². The molecule has 1 aliphatic rings. The number of nitrogens with zero attached hydrogens (tertiary/aromatic N) is 1. The zero-order chi connectivity index (χ0) is 19.8. The van der Waals surface area contributed by atoms with Gasteiger partial charge in [-0.15, -0.1) is 11.3 Å². The first-order chi connectivity index (χ1) is 13.5. The maximum atomic E-state index is 12.4. The molecule has 0 saturated carbocycles. The first-order valence-corrected chi connectivity index (χ1v) is 10.1. The van der Waals surface area contributed by atoms with Crippen LogP contribution in [0, 0.1) is 0 Å². The van der Waals surface area contributed by atoms with E-state index in [2.05, 4.69) is 16.7 Å². The molecule has 6 heteroatoms. The van der Waals surface area contributed by atoms with Gasteiger partial charge in [-0.2, -0.15) is 0 Å². The summed E-state index contributed by atoms with van der Waals surface area (Å²) in [4.78, 5) is 13.5. The fourth-order valence-electron chi connectivity index (χ4n) is 3.73. The molecule has 28 heavy (non-hydrogen) atoms. The van der Waals surface area contributed by atoms with Crippen LogP contribution in [0.3, 0.4) is 0 Å². The maximum Gasteiger partial charge on any atom is 0.354 e. The molecule has 2 aromatic heterocycles. The van der Waals surface area contributed by atoms with Crippen molar-refractivity contribution in [3.05, 3.63) is 47.0 Å². The minimum Gasteiger partial charge on any atom is -0.493 e. The first-order valence-electron chi connectivity index (χ1n) is 9.27. The van der Waals surface area contributed by atoms with Crippen LogP contribution in [0.25, 0.3) is 21.7 Å². The Morgan fingerprint density at radius 3 is 2.61 bits per heavy atom. The Morgan fingerprint density at radius 1 is 1.14 bits per heavy atom. The number of fused-ring (bicyclic) bond motifs is 3. The predicted octanol–water partition coefficient (Wildman–Crippen LogP) is 5.02. The summed E-state index contributed by atoms with van der Waals surface area (Å²) in [7, 11) is 3.07. The number of thiophene rings is 1. The molecular weight excluding hydrogens is 374 g/mol. The molecular formula is C22H23NO4S. The van der Waals surface area contributed by atoms with E-state index in [4.69, 9.17) is 14.2 Å². The number of ether oxygens (including phenoxy) is 3. The second kappa shape index (κ2) is 7.36. The highest BCUT2D eigenvalue weighted by atomic mass is 32.1. The molecule has 0 saturated heterocycles. The number of carbonyl (C=O) groups excluding carboxylic acids is 1. The lowest BCUT2D eigenvalue weighted by Crippen LogP contribution is -2.17. The Kier molecular flexibility index (Phi) is 4.89. The summed E-state index contributed by atoms with van der Waals surface area (Å²) in [6, 6.07) is 10.1. The van der Waals surface area contributed by atoms with Crippen molar-refractivity contribution in [3.63, 3.8) is 0 Å². The number of methoxy groups -OCH3 is 2. The van der Waals surface area contributed by atoms with Gasteiger partial charge in [-0.3, -0.25) is 0 Å². The maximum absolute atomic E-state index is 12.4. The Labute approximate surface area is 168 Å². The van der Waals surface area contributed by atoms with Crippen LogP contribution < -0.4 is 9.47 Å². The van der Waals surface area contributed by atoms with Gasteiger partial charge in [0.25, 0.3) is 0 Å². The molecule has 3 heterocycles. The molecule has 1 aromatic carbocycles. The van der Waals surface area contributed by atoms with Crippen molar-refractivity contribution in [1.82, 2.24) is 4.57 Å². The summed E-state index contributed by atoms with van der Waals surface area (Å²) in [6.45, 7) is 4.72. The average Bonchev–Trinajstić information content (AvgIpc) is 3.33. The molecule has 0 radical (unpaired) electrons. The van der Waals surface area contributed by atoms with Crippen LogP contribution in [0.15, 0.2) is 35.7 Å². The molecule has 1 aliphatic heterocycles. The Morgan fingerprint density at radius 2 is 1.96 bits per heavy atom. The minimum absolute atomic E-state index is 0.0620. The Balaban J connectivity index is 1.95. The number of benzene rings is 1. The van der Waals surface area contributed by atoms with E-state index in [-0.39, 0.29) is 12.1 Å². The molecule has 0 fully saturated rings. The van der Waals surface area contributed by atoms with E-state index in [0.717, 1.165) is 33.9 Å². The van der Waals surface area contributed by atoms with Gasteiger partial charge >= 0.3 is 5.97 Å². The third kappa shape index (κ3) is 3.07. The summed E-state index contributed by atoms with van der Waals surface area (Å²) in [5.41, 5.74) is 4.90. The lowest BCUT2D eigenvalue weighted by Gasteiger charge is -2.24. The summed E-state index contributed by atoms with van der Waals surface area (Å²) in [5, 5.41) is 2.04. The number of esters is 1. The molecule has 0 spiro atoms. The van der Waals surface area contributed by atoms with Crippen molar-refractivity contribution in [2.45, 2.75) is 32.9 Å². The summed E-state index contributed by atoms with van der Waals surface area (Å²) in [5.74, 6) is 1.13. The molecule has 0 unspecified atom stereocenters. The number of rotatable bonds is 5. The lowest BCUT2D eigenvalue weighted by atomic mass is 9.95. The fraction of sp³-hybridized carbons (Fsp3) is 0.318. The van der Waals surface area contributed by atoms with Crippen LogP contribution in [0.4, 0.5) is 0 Å². The van der Waals surface area contributed by atoms with Gasteiger partial charge in [0.05, 0.1) is 26.0 Å². The van der Waals surface area contributed by atoms with Gasteiger partial charge in [0, 0.05) is 22.5 Å². The molecule has 0 N–H and O–H groups in total. The summed E-state index contributed by atoms with van der Waals surface area (Å²) in [6.07, 6.45) is 0.871. The fourth-order valence-corrected chi connectivity index (χ4v) is 4.48. The van der Waals surface area contributed by atoms with E-state index in [1.54, 1.807) is 18.4 Å². The van der Waals surface area contributed by atoms with Crippen molar-refractivity contribution in [2.75, 3.05) is 14.2 Å². The van der Waals surface area contributed by atoms with Gasteiger partial charge < -0.3 is 18.8 Å². The highest BCUT2D eigenvalue weighted by Crippen LogP contribution is 2.45. The molecule has 4 rings (SSSR count). The summed E-state index contributed by atoms with van der Waals surface area (Å²) >= 11 is 1.66.